The number of hydrogen-bond acceptors (Lipinski definition) is 8. The summed E-state index contributed by atoms with van der Waals surface area (Å²) in [5, 5.41) is 20.0. The SMILES string of the molecule is COc1cc(F)ccc1C1=C(CCC(C)(C)O)C(=O)C(C)=C(C)C1=O.COc1cccc(C2=C(CCC(C)(C)O)C(=O)C(C)=C(C)C2=O)c1. The minimum Gasteiger partial charge on any atom is -0.497 e. The minimum absolute atomic E-state index is 0.117. The number of rotatable bonds is 10. The Hall–Kier alpha value is -4.47. The molecular weight excluding hydrogens is 627 g/mol. The molecule has 0 spiro atoms. The van der Waals surface area contributed by atoms with E-state index in [-0.39, 0.29) is 40.9 Å². The summed E-state index contributed by atoms with van der Waals surface area (Å²) in [7, 11) is 2.95. The van der Waals surface area contributed by atoms with Crippen molar-refractivity contribution in [1.29, 1.82) is 0 Å². The fourth-order valence-electron chi connectivity index (χ4n) is 5.59. The molecule has 4 rings (SSSR count). The molecule has 0 atom stereocenters. The maximum atomic E-state index is 13.5. The Kier molecular flexibility index (Phi) is 12.2. The summed E-state index contributed by atoms with van der Waals surface area (Å²) in [6.07, 6.45) is 1.32. The van der Waals surface area contributed by atoms with Crippen LogP contribution >= 0.6 is 0 Å². The van der Waals surface area contributed by atoms with Crippen LogP contribution in [-0.2, 0) is 19.2 Å². The van der Waals surface area contributed by atoms with E-state index in [1.807, 2.05) is 0 Å². The zero-order chi connectivity index (χ0) is 37.0. The van der Waals surface area contributed by atoms with Crippen molar-refractivity contribution in [3.63, 3.8) is 0 Å². The summed E-state index contributed by atoms with van der Waals surface area (Å²) in [6, 6.07) is 11.0. The van der Waals surface area contributed by atoms with Gasteiger partial charge in [-0.05, 0) is 111 Å². The number of hydrogen-bond donors (Lipinski definition) is 2. The van der Waals surface area contributed by atoms with Crippen LogP contribution in [0.25, 0.3) is 11.1 Å². The van der Waals surface area contributed by atoms with Gasteiger partial charge in [0.15, 0.2) is 23.1 Å². The molecule has 8 nitrogen and oxygen atoms in total. The number of carbonyl (C=O) groups is 4. The van der Waals surface area contributed by atoms with Gasteiger partial charge in [-0.1, -0.05) is 12.1 Å². The second kappa shape index (κ2) is 15.4. The summed E-state index contributed by atoms with van der Waals surface area (Å²) in [5.74, 6) is -0.400. The lowest BCUT2D eigenvalue weighted by Crippen LogP contribution is -2.24. The summed E-state index contributed by atoms with van der Waals surface area (Å²) in [4.78, 5) is 51.3. The van der Waals surface area contributed by atoms with E-state index < -0.39 is 17.0 Å². The largest absolute Gasteiger partial charge is 0.497 e. The topological polar surface area (TPSA) is 127 Å². The van der Waals surface area contributed by atoms with Crippen LogP contribution in [0.2, 0.25) is 0 Å². The lowest BCUT2D eigenvalue weighted by molar-refractivity contribution is -0.115. The normalized spacial score (nSPS) is 16.0. The monoisotopic (exact) mass is 674 g/mol. The summed E-state index contributed by atoms with van der Waals surface area (Å²) in [5.41, 5.74) is 2.38. The van der Waals surface area contributed by atoms with E-state index in [1.54, 1.807) is 86.8 Å². The van der Waals surface area contributed by atoms with Gasteiger partial charge in [-0.2, -0.15) is 0 Å². The maximum Gasteiger partial charge on any atom is 0.190 e. The number of benzene rings is 2. The highest BCUT2D eigenvalue weighted by molar-refractivity contribution is 6.40. The van der Waals surface area contributed by atoms with Crippen molar-refractivity contribution in [3.05, 3.63) is 92.8 Å². The number of Topliss-reactive ketones (excluding diaryl/α,β-unsaturated/α-hetero) is 4. The van der Waals surface area contributed by atoms with Gasteiger partial charge in [-0.25, -0.2) is 4.39 Å². The Morgan fingerprint density at radius 3 is 1.57 bits per heavy atom. The van der Waals surface area contributed by atoms with Crippen LogP contribution in [-0.4, -0.2) is 58.8 Å². The Labute approximate surface area is 288 Å². The smallest absolute Gasteiger partial charge is 0.190 e. The van der Waals surface area contributed by atoms with Crippen molar-refractivity contribution >= 4 is 34.3 Å². The molecule has 0 unspecified atom stereocenters. The van der Waals surface area contributed by atoms with E-state index in [4.69, 9.17) is 9.47 Å². The molecule has 49 heavy (non-hydrogen) atoms. The molecule has 2 aromatic carbocycles. The quantitative estimate of drug-likeness (QED) is 0.255. The second-order valence-electron chi connectivity index (χ2n) is 13.7. The number of ether oxygens (including phenoxy) is 2. The highest BCUT2D eigenvalue weighted by atomic mass is 19.1. The van der Waals surface area contributed by atoms with E-state index in [1.165, 1.54) is 25.3 Å². The molecule has 2 aromatic rings. The van der Waals surface area contributed by atoms with E-state index in [9.17, 15) is 33.8 Å². The van der Waals surface area contributed by atoms with Crippen LogP contribution in [0.15, 0.2) is 75.9 Å². The molecule has 0 aliphatic heterocycles. The highest BCUT2D eigenvalue weighted by Crippen LogP contribution is 2.39. The van der Waals surface area contributed by atoms with Crippen LogP contribution in [0.3, 0.4) is 0 Å². The minimum atomic E-state index is -0.974. The van der Waals surface area contributed by atoms with E-state index in [0.717, 1.165) is 0 Å². The highest BCUT2D eigenvalue weighted by Gasteiger charge is 2.34. The molecule has 9 heteroatoms. The van der Waals surface area contributed by atoms with Crippen molar-refractivity contribution in [2.24, 2.45) is 0 Å². The zero-order valence-electron chi connectivity index (χ0n) is 30.1. The Morgan fingerprint density at radius 1 is 0.633 bits per heavy atom. The number of methoxy groups -OCH3 is 2. The predicted octanol–water partition coefficient (Wildman–Crippen LogP) is 7.12. The van der Waals surface area contributed by atoms with Gasteiger partial charge in [0.2, 0.25) is 0 Å². The number of halogens is 1. The first-order chi connectivity index (χ1) is 22.7. The van der Waals surface area contributed by atoms with Crippen molar-refractivity contribution in [2.45, 2.75) is 92.3 Å². The summed E-state index contributed by atoms with van der Waals surface area (Å²) < 4.78 is 24.0. The Bertz CT molecular complexity index is 1810. The Balaban J connectivity index is 0.000000266. The molecular formula is C40H47FO8. The van der Waals surface area contributed by atoms with Gasteiger partial charge in [-0.3, -0.25) is 19.2 Å². The van der Waals surface area contributed by atoms with Gasteiger partial charge in [0.05, 0.1) is 25.4 Å². The molecule has 0 heterocycles. The third-order valence-electron chi connectivity index (χ3n) is 8.86. The van der Waals surface area contributed by atoms with Gasteiger partial charge in [0.1, 0.15) is 17.3 Å². The molecule has 0 bridgehead atoms. The fraction of sp³-hybridized carbons (Fsp3) is 0.400. The van der Waals surface area contributed by atoms with Crippen LogP contribution in [0.4, 0.5) is 4.39 Å². The van der Waals surface area contributed by atoms with Crippen LogP contribution in [0.5, 0.6) is 11.5 Å². The second-order valence-corrected chi connectivity index (χ2v) is 13.7. The molecule has 0 saturated heterocycles. The summed E-state index contributed by atoms with van der Waals surface area (Å²) >= 11 is 0. The van der Waals surface area contributed by atoms with Crippen molar-refractivity contribution in [3.8, 4) is 11.5 Å². The standard InChI is InChI=1S/C20H23FO4.C20H24O4/c1-11-12(2)19(23)17(14-7-6-13(21)10-16(14)25-5)15(18(11)22)8-9-20(3,4)24;1-12-13(2)19(22)17(14-7-6-8-15(11-14)24-5)16(18(12)21)9-10-20(3,4)23/h6-7,10,24H,8-9H2,1-5H3;6-8,11,23H,9-10H2,1-5H3. The fourth-order valence-corrected chi connectivity index (χ4v) is 5.59. The number of carbonyl (C=O) groups excluding carboxylic acids is 4. The molecule has 2 aliphatic carbocycles. The van der Waals surface area contributed by atoms with Gasteiger partial charge >= 0.3 is 0 Å². The number of aliphatic hydroxyl groups is 2. The van der Waals surface area contributed by atoms with Crippen LogP contribution in [0.1, 0.15) is 92.2 Å². The van der Waals surface area contributed by atoms with Crippen LogP contribution in [0, 0.1) is 5.82 Å². The van der Waals surface area contributed by atoms with Crippen molar-refractivity contribution in [1.82, 2.24) is 0 Å². The lowest BCUT2D eigenvalue weighted by Gasteiger charge is -2.24. The molecule has 0 saturated carbocycles. The average Bonchev–Trinajstić information content (AvgIpc) is 3.04. The zero-order valence-corrected chi connectivity index (χ0v) is 30.1. The Morgan fingerprint density at radius 2 is 1.10 bits per heavy atom. The maximum absolute atomic E-state index is 13.5. The molecule has 262 valence electrons. The average molecular weight is 675 g/mol. The predicted molar refractivity (Wildman–Crippen MR) is 188 cm³/mol. The number of allylic oxidation sites excluding steroid dienone is 8. The van der Waals surface area contributed by atoms with Crippen molar-refractivity contribution in [2.75, 3.05) is 14.2 Å². The van der Waals surface area contributed by atoms with E-state index in [2.05, 4.69) is 0 Å². The third kappa shape index (κ3) is 9.16. The molecule has 0 aromatic heterocycles. The first-order valence-electron chi connectivity index (χ1n) is 16.2. The van der Waals surface area contributed by atoms with Gasteiger partial charge in [0.25, 0.3) is 0 Å². The molecule has 2 N–H and O–H groups in total. The van der Waals surface area contributed by atoms with Gasteiger partial charge in [-0.15, -0.1) is 0 Å². The lowest BCUT2D eigenvalue weighted by atomic mass is 9.79. The van der Waals surface area contributed by atoms with Gasteiger partial charge in [0, 0.05) is 56.2 Å². The molecule has 0 radical (unpaired) electrons. The third-order valence-corrected chi connectivity index (χ3v) is 8.86. The van der Waals surface area contributed by atoms with Crippen LogP contribution < -0.4 is 9.47 Å². The first kappa shape index (κ1) is 39.0. The van der Waals surface area contributed by atoms with Crippen molar-refractivity contribution < 1.29 is 43.3 Å². The van der Waals surface area contributed by atoms with E-state index >= 15 is 0 Å². The molecule has 0 amide bonds. The van der Waals surface area contributed by atoms with E-state index in [0.29, 0.717) is 75.2 Å². The van der Waals surface area contributed by atoms with Gasteiger partial charge < -0.3 is 19.7 Å². The molecule has 0 fully saturated rings. The first-order valence-corrected chi connectivity index (χ1v) is 16.2. The number of ketones is 4. The molecule has 2 aliphatic rings. The summed E-state index contributed by atoms with van der Waals surface area (Å²) in [6.45, 7) is 13.3.